The molecule has 0 atom stereocenters. The number of ether oxygens (including phenoxy) is 1. The Balaban J connectivity index is 1.71. The predicted octanol–water partition coefficient (Wildman–Crippen LogP) is 3.83. The van der Waals surface area contributed by atoms with Gasteiger partial charge in [0.1, 0.15) is 0 Å². The fraction of sp³-hybridized carbons (Fsp3) is 0.923. The van der Waals surface area contributed by atoms with E-state index in [1.165, 1.54) is 38.5 Å². The number of unbranched alkanes of at least 4 members (excludes halogenated alkanes) is 6. The van der Waals surface area contributed by atoms with Gasteiger partial charge in [0.2, 0.25) is 0 Å². The Labute approximate surface area is 110 Å². The highest BCUT2D eigenvalue weighted by Gasteiger charge is 2.04. The monoisotopic (exact) mass is 253 g/mol. The van der Waals surface area contributed by atoms with Crippen molar-refractivity contribution in [3.8, 4) is 0 Å². The van der Waals surface area contributed by atoms with E-state index in [1.54, 1.807) is 0 Å². The van der Waals surface area contributed by atoms with Crippen LogP contribution in [0.4, 0.5) is 0 Å². The van der Waals surface area contributed by atoms with Gasteiger partial charge >= 0.3 is 0 Å². The van der Waals surface area contributed by atoms with Crippen LogP contribution in [0.15, 0.2) is 15.5 Å². The molecule has 1 aliphatic heterocycles. The van der Waals surface area contributed by atoms with Gasteiger partial charge in [-0.2, -0.15) is 0 Å². The normalized spacial score (nSPS) is 13.7. The Bertz CT molecular complexity index is 253. The maximum Gasteiger partial charge on any atom is 0.177 e. The summed E-state index contributed by atoms with van der Waals surface area (Å²) < 4.78 is 5.59. The minimum Gasteiger partial charge on any atom is -0.381 e. The van der Waals surface area contributed by atoms with Gasteiger partial charge < -0.3 is 4.74 Å². The zero-order chi connectivity index (χ0) is 12.9. The summed E-state index contributed by atoms with van der Waals surface area (Å²) in [5.74, 6) is 0.766. The third kappa shape index (κ3) is 8.17. The van der Waals surface area contributed by atoms with Crippen LogP contribution in [0.25, 0.3) is 0 Å². The molecule has 0 saturated carbocycles. The molecule has 0 fully saturated rings. The molecule has 0 spiro atoms. The SMILES string of the molecule is CCCCCCOCCCCCCC1=NN=N[N]1. The van der Waals surface area contributed by atoms with Gasteiger partial charge in [-0.25, -0.2) is 0 Å². The number of hydrogen-bond acceptors (Lipinski definition) is 4. The molecule has 1 aliphatic rings. The first-order valence-electron chi connectivity index (χ1n) is 7.19. The average Bonchev–Trinajstić information content (AvgIpc) is 2.89. The van der Waals surface area contributed by atoms with E-state index in [0.29, 0.717) is 0 Å². The highest BCUT2D eigenvalue weighted by atomic mass is 16.5. The van der Waals surface area contributed by atoms with E-state index in [-0.39, 0.29) is 0 Å². The molecule has 0 bridgehead atoms. The Hall–Kier alpha value is -0.970. The lowest BCUT2D eigenvalue weighted by atomic mass is 10.1. The molecule has 1 radical (unpaired) electrons. The highest BCUT2D eigenvalue weighted by molar-refractivity contribution is 5.81. The summed E-state index contributed by atoms with van der Waals surface area (Å²) in [5.41, 5.74) is 3.80. The summed E-state index contributed by atoms with van der Waals surface area (Å²) in [6.45, 7) is 4.06. The van der Waals surface area contributed by atoms with Gasteiger partial charge in [-0.3, -0.25) is 0 Å². The maximum absolute atomic E-state index is 5.59. The van der Waals surface area contributed by atoms with E-state index in [0.717, 1.165) is 38.3 Å². The van der Waals surface area contributed by atoms with Crippen LogP contribution in [0.1, 0.15) is 64.7 Å². The topological polar surface area (TPSA) is 60.4 Å². The Morgan fingerprint density at radius 1 is 0.833 bits per heavy atom. The second-order valence-corrected chi connectivity index (χ2v) is 4.63. The number of rotatable bonds is 12. The van der Waals surface area contributed by atoms with Gasteiger partial charge in [-0.1, -0.05) is 39.0 Å². The molecule has 0 aromatic carbocycles. The Kier molecular flexibility index (Phi) is 9.34. The van der Waals surface area contributed by atoms with Crippen LogP contribution in [0.2, 0.25) is 0 Å². The molecule has 0 aromatic rings. The first kappa shape index (κ1) is 15.1. The zero-order valence-electron chi connectivity index (χ0n) is 11.5. The van der Waals surface area contributed by atoms with E-state index >= 15 is 0 Å². The third-order valence-electron chi connectivity index (χ3n) is 2.94. The fourth-order valence-corrected chi connectivity index (χ4v) is 1.84. The Morgan fingerprint density at radius 3 is 2.22 bits per heavy atom. The molecule has 1 heterocycles. The second kappa shape index (κ2) is 11.1. The van der Waals surface area contributed by atoms with Crippen LogP contribution in [0, 0.1) is 0 Å². The largest absolute Gasteiger partial charge is 0.381 e. The summed E-state index contributed by atoms with van der Waals surface area (Å²) in [6, 6.07) is 0. The van der Waals surface area contributed by atoms with E-state index in [2.05, 4.69) is 27.9 Å². The van der Waals surface area contributed by atoms with Crippen LogP contribution in [-0.4, -0.2) is 19.0 Å². The molecule has 0 aromatic heterocycles. The molecule has 0 unspecified atom stereocenters. The number of hydrogen-bond donors (Lipinski definition) is 0. The third-order valence-corrected chi connectivity index (χ3v) is 2.94. The van der Waals surface area contributed by atoms with Crippen molar-refractivity contribution < 1.29 is 4.74 Å². The molecule has 0 amide bonds. The van der Waals surface area contributed by atoms with Crippen molar-refractivity contribution in [2.24, 2.45) is 15.5 Å². The van der Waals surface area contributed by atoms with Crippen LogP contribution in [-0.2, 0) is 4.74 Å². The van der Waals surface area contributed by atoms with Crippen molar-refractivity contribution in [3.05, 3.63) is 0 Å². The summed E-state index contributed by atoms with van der Waals surface area (Å²) in [4.78, 5) is 0. The molecular formula is C13H25N4O. The van der Waals surface area contributed by atoms with Crippen molar-refractivity contribution in [2.75, 3.05) is 13.2 Å². The molecule has 18 heavy (non-hydrogen) atoms. The molecule has 5 heteroatoms. The van der Waals surface area contributed by atoms with E-state index in [1.807, 2.05) is 0 Å². The molecule has 0 aliphatic carbocycles. The lowest BCUT2D eigenvalue weighted by molar-refractivity contribution is 0.126. The molecule has 103 valence electrons. The lowest BCUT2D eigenvalue weighted by Crippen LogP contribution is -2.05. The number of amidine groups is 1. The lowest BCUT2D eigenvalue weighted by Gasteiger charge is -2.04. The summed E-state index contributed by atoms with van der Waals surface area (Å²) in [7, 11) is 0. The van der Waals surface area contributed by atoms with Crippen LogP contribution in [0.3, 0.4) is 0 Å². The van der Waals surface area contributed by atoms with Gasteiger partial charge in [-0.15, -0.1) is 10.5 Å². The van der Waals surface area contributed by atoms with Crippen molar-refractivity contribution in [1.82, 2.24) is 5.43 Å². The molecular weight excluding hydrogens is 228 g/mol. The van der Waals surface area contributed by atoms with Crippen molar-refractivity contribution >= 4 is 5.84 Å². The summed E-state index contributed by atoms with van der Waals surface area (Å²) >= 11 is 0. The zero-order valence-corrected chi connectivity index (χ0v) is 11.5. The van der Waals surface area contributed by atoms with Crippen molar-refractivity contribution in [1.29, 1.82) is 0 Å². The van der Waals surface area contributed by atoms with E-state index < -0.39 is 0 Å². The fourth-order valence-electron chi connectivity index (χ4n) is 1.84. The predicted molar refractivity (Wildman–Crippen MR) is 72.5 cm³/mol. The van der Waals surface area contributed by atoms with E-state index in [9.17, 15) is 0 Å². The standard InChI is InChI=1S/C13H25N4O/c1-2-3-4-8-11-18-12-9-6-5-7-10-13-14-16-17-15-13/h2-12H2,1H3. The van der Waals surface area contributed by atoms with Gasteiger partial charge in [0, 0.05) is 19.6 Å². The second-order valence-electron chi connectivity index (χ2n) is 4.63. The van der Waals surface area contributed by atoms with Gasteiger partial charge in [0.05, 0.1) is 0 Å². The molecule has 0 N–H and O–H groups in total. The van der Waals surface area contributed by atoms with Gasteiger partial charge in [-0.05, 0) is 29.7 Å². The average molecular weight is 253 g/mol. The minimum absolute atomic E-state index is 0.766. The highest BCUT2D eigenvalue weighted by Crippen LogP contribution is 2.06. The smallest absolute Gasteiger partial charge is 0.177 e. The molecule has 0 saturated heterocycles. The van der Waals surface area contributed by atoms with Crippen LogP contribution >= 0.6 is 0 Å². The summed E-state index contributed by atoms with van der Waals surface area (Å²) in [6.07, 6.45) is 10.7. The van der Waals surface area contributed by atoms with Crippen molar-refractivity contribution in [3.63, 3.8) is 0 Å². The van der Waals surface area contributed by atoms with Gasteiger partial charge in [0.15, 0.2) is 5.84 Å². The first-order chi connectivity index (χ1) is 8.93. The quantitative estimate of drug-likeness (QED) is 0.487. The maximum atomic E-state index is 5.59. The Morgan fingerprint density at radius 2 is 1.56 bits per heavy atom. The van der Waals surface area contributed by atoms with E-state index in [4.69, 9.17) is 4.74 Å². The number of nitrogens with zero attached hydrogens (tertiary/aromatic N) is 4. The molecule has 5 nitrogen and oxygen atoms in total. The molecule has 1 rings (SSSR count). The first-order valence-corrected chi connectivity index (χ1v) is 7.19. The minimum atomic E-state index is 0.766. The van der Waals surface area contributed by atoms with Crippen molar-refractivity contribution in [2.45, 2.75) is 64.7 Å². The van der Waals surface area contributed by atoms with Gasteiger partial charge in [0.25, 0.3) is 0 Å². The van der Waals surface area contributed by atoms with Crippen LogP contribution < -0.4 is 5.43 Å². The van der Waals surface area contributed by atoms with Crippen LogP contribution in [0.5, 0.6) is 0 Å². The summed E-state index contributed by atoms with van der Waals surface area (Å²) in [5, 5.41) is 10.7.